The maximum absolute atomic E-state index is 10.7. The van der Waals surface area contributed by atoms with Crippen LogP contribution in [0.3, 0.4) is 0 Å². The van der Waals surface area contributed by atoms with E-state index in [1.807, 2.05) is 11.9 Å². The van der Waals surface area contributed by atoms with Gasteiger partial charge in [-0.15, -0.1) is 0 Å². The van der Waals surface area contributed by atoms with E-state index in [4.69, 9.17) is 4.74 Å². The first-order valence-electron chi connectivity index (χ1n) is 8.81. The lowest BCUT2D eigenvalue weighted by atomic mass is 10.2. The van der Waals surface area contributed by atoms with Gasteiger partial charge in [-0.05, 0) is 18.6 Å². The molecule has 2 aromatic carbocycles. The summed E-state index contributed by atoms with van der Waals surface area (Å²) in [6.07, 6.45) is 0.949. The monoisotopic (exact) mass is 356 g/mol. The number of aromatic nitrogens is 1. The molecule has 0 bridgehead atoms. The SMILES string of the molecule is COC1CCSN(CC(O)Cn2c3ccccc3c3ccccc32)C1. The van der Waals surface area contributed by atoms with E-state index in [0.29, 0.717) is 13.1 Å². The van der Waals surface area contributed by atoms with Crippen LogP contribution in [0.4, 0.5) is 0 Å². The van der Waals surface area contributed by atoms with Gasteiger partial charge in [-0.3, -0.25) is 0 Å². The van der Waals surface area contributed by atoms with Gasteiger partial charge in [0.15, 0.2) is 0 Å². The van der Waals surface area contributed by atoms with E-state index in [9.17, 15) is 5.11 Å². The Hall–Kier alpha value is -1.53. The van der Waals surface area contributed by atoms with Crippen LogP contribution in [0.1, 0.15) is 6.42 Å². The highest BCUT2D eigenvalue weighted by molar-refractivity contribution is 7.97. The minimum absolute atomic E-state index is 0.279. The number of hydrogen-bond acceptors (Lipinski definition) is 4. The summed E-state index contributed by atoms with van der Waals surface area (Å²) in [5.41, 5.74) is 2.37. The zero-order valence-corrected chi connectivity index (χ0v) is 15.3. The average Bonchev–Trinajstić information content (AvgIpc) is 2.96. The summed E-state index contributed by atoms with van der Waals surface area (Å²) in [7, 11) is 1.77. The summed E-state index contributed by atoms with van der Waals surface area (Å²) in [4.78, 5) is 0. The summed E-state index contributed by atoms with van der Waals surface area (Å²) in [6, 6.07) is 16.9. The van der Waals surface area contributed by atoms with Gasteiger partial charge < -0.3 is 14.4 Å². The highest BCUT2D eigenvalue weighted by atomic mass is 32.2. The second-order valence-electron chi connectivity index (χ2n) is 6.63. The summed E-state index contributed by atoms with van der Waals surface area (Å²) >= 11 is 1.81. The number of methoxy groups -OCH3 is 1. The number of hydrogen-bond donors (Lipinski definition) is 1. The maximum Gasteiger partial charge on any atom is 0.0855 e. The molecule has 1 aliphatic rings. The van der Waals surface area contributed by atoms with Crippen LogP contribution in [-0.4, -0.2) is 52.1 Å². The molecule has 2 atom stereocenters. The van der Waals surface area contributed by atoms with Crippen LogP contribution in [-0.2, 0) is 11.3 Å². The third-order valence-corrected chi connectivity index (χ3v) is 6.02. The molecule has 1 N–H and O–H groups in total. The van der Waals surface area contributed by atoms with Gasteiger partial charge in [-0.1, -0.05) is 48.3 Å². The second kappa shape index (κ2) is 7.38. The molecule has 5 heteroatoms. The lowest BCUT2D eigenvalue weighted by Gasteiger charge is -2.32. The van der Waals surface area contributed by atoms with E-state index in [-0.39, 0.29) is 6.10 Å². The lowest BCUT2D eigenvalue weighted by molar-refractivity contribution is 0.0639. The molecule has 2 heterocycles. The lowest BCUT2D eigenvalue weighted by Crippen LogP contribution is -2.39. The fourth-order valence-corrected chi connectivity index (χ4v) is 4.88. The topological polar surface area (TPSA) is 37.6 Å². The predicted octanol–water partition coefficient (Wildman–Crippen LogP) is 3.52. The molecule has 25 heavy (non-hydrogen) atoms. The van der Waals surface area contributed by atoms with Crippen molar-refractivity contribution in [3.63, 3.8) is 0 Å². The van der Waals surface area contributed by atoms with Crippen molar-refractivity contribution >= 4 is 33.8 Å². The van der Waals surface area contributed by atoms with Crippen LogP contribution in [0.5, 0.6) is 0 Å². The van der Waals surface area contributed by atoms with Gasteiger partial charge in [0.2, 0.25) is 0 Å². The minimum Gasteiger partial charge on any atom is -0.390 e. The Morgan fingerprint density at radius 2 is 1.72 bits per heavy atom. The predicted molar refractivity (Wildman–Crippen MR) is 105 cm³/mol. The Morgan fingerprint density at radius 1 is 1.08 bits per heavy atom. The van der Waals surface area contributed by atoms with E-state index < -0.39 is 6.10 Å². The highest BCUT2D eigenvalue weighted by Gasteiger charge is 2.23. The molecule has 4 nitrogen and oxygen atoms in total. The molecule has 1 fully saturated rings. The number of rotatable bonds is 5. The van der Waals surface area contributed by atoms with Crippen LogP contribution in [0.25, 0.3) is 21.8 Å². The fraction of sp³-hybridized carbons (Fsp3) is 0.400. The van der Waals surface area contributed by atoms with E-state index in [2.05, 4.69) is 57.4 Å². The van der Waals surface area contributed by atoms with Crippen molar-refractivity contribution in [1.29, 1.82) is 0 Å². The number of β-amino-alcohol motifs (C(OH)–C–C–N with tert-alkyl or cyclic N) is 1. The van der Waals surface area contributed by atoms with Gasteiger partial charge in [0.05, 0.1) is 18.8 Å². The highest BCUT2D eigenvalue weighted by Crippen LogP contribution is 2.29. The first-order chi connectivity index (χ1) is 12.3. The fourth-order valence-electron chi connectivity index (χ4n) is 3.71. The second-order valence-corrected chi connectivity index (χ2v) is 7.81. The Kier molecular flexibility index (Phi) is 4.99. The van der Waals surface area contributed by atoms with Crippen molar-refractivity contribution < 1.29 is 9.84 Å². The number of nitrogens with zero attached hydrogens (tertiary/aromatic N) is 2. The molecule has 0 aliphatic carbocycles. The molecule has 3 aromatic rings. The van der Waals surface area contributed by atoms with Crippen molar-refractivity contribution in [3.05, 3.63) is 48.5 Å². The van der Waals surface area contributed by atoms with E-state index in [1.54, 1.807) is 7.11 Å². The number of fused-ring (bicyclic) bond motifs is 3. The molecule has 2 unspecified atom stereocenters. The third-order valence-electron chi connectivity index (χ3n) is 4.94. The molecule has 0 spiro atoms. The quantitative estimate of drug-likeness (QED) is 0.710. The molecule has 4 rings (SSSR count). The van der Waals surface area contributed by atoms with E-state index in [0.717, 1.165) is 18.7 Å². The van der Waals surface area contributed by atoms with Crippen molar-refractivity contribution in [3.8, 4) is 0 Å². The first kappa shape index (κ1) is 16.9. The smallest absolute Gasteiger partial charge is 0.0855 e. The largest absolute Gasteiger partial charge is 0.390 e. The van der Waals surface area contributed by atoms with Gasteiger partial charge in [-0.25, -0.2) is 4.31 Å². The molecule has 0 saturated carbocycles. The van der Waals surface area contributed by atoms with Crippen LogP contribution in [0, 0.1) is 0 Å². The Balaban J connectivity index is 1.57. The third kappa shape index (κ3) is 3.42. The molecule has 0 radical (unpaired) electrons. The van der Waals surface area contributed by atoms with Gasteiger partial charge in [0.1, 0.15) is 0 Å². The molecular formula is C20H24N2O2S. The molecule has 0 amide bonds. The molecule has 1 aromatic heterocycles. The van der Waals surface area contributed by atoms with Crippen LogP contribution in [0.15, 0.2) is 48.5 Å². The van der Waals surface area contributed by atoms with Gasteiger partial charge in [0, 0.05) is 47.8 Å². The number of ether oxygens (including phenoxy) is 1. The van der Waals surface area contributed by atoms with Gasteiger partial charge in [-0.2, -0.15) is 0 Å². The van der Waals surface area contributed by atoms with Crippen molar-refractivity contribution in [2.45, 2.75) is 25.2 Å². The van der Waals surface area contributed by atoms with Crippen LogP contribution < -0.4 is 0 Å². The number of aliphatic hydroxyl groups is 1. The summed E-state index contributed by atoms with van der Waals surface area (Å²) in [5, 5.41) is 13.2. The van der Waals surface area contributed by atoms with E-state index >= 15 is 0 Å². The zero-order chi connectivity index (χ0) is 17.2. The van der Waals surface area contributed by atoms with Crippen molar-refractivity contribution in [1.82, 2.24) is 8.87 Å². The standard InChI is InChI=1S/C20H24N2O2S/c1-24-16-10-11-25-21(14-16)12-15(23)13-22-19-8-4-2-6-17(19)18-7-3-5-9-20(18)22/h2-9,15-16,23H,10-14H2,1H3. The molecule has 1 saturated heterocycles. The van der Waals surface area contributed by atoms with E-state index in [1.165, 1.54) is 21.8 Å². The maximum atomic E-state index is 10.7. The normalized spacial score (nSPS) is 20.3. The number of para-hydroxylation sites is 2. The van der Waals surface area contributed by atoms with Gasteiger partial charge >= 0.3 is 0 Å². The number of benzene rings is 2. The summed E-state index contributed by atoms with van der Waals surface area (Å²) < 4.78 is 9.98. The van der Waals surface area contributed by atoms with Crippen molar-refractivity contribution in [2.75, 3.05) is 26.0 Å². The molecular weight excluding hydrogens is 332 g/mol. The summed E-state index contributed by atoms with van der Waals surface area (Å²) in [6.45, 7) is 2.14. The minimum atomic E-state index is -0.415. The molecule has 1 aliphatic heterocycles. The Bertz CT molecular complexity index is 810. The van der Waals surface area contributed by atoms with Crippen molar-refractivity contribution in [2.24, 2.45) is 0 Å². The number of aliphatic hydroxyl groups excluding tert-OH is 1. The Morgan fingerprint density at radius 3 is 2.36 bits per heavy atom. The van der Waals surface area contributed by atoms with Crippen LogP contribution >= 0.6 is 11.9 Å². The van der Waals surface area contributed by atoms with Crippen LogP contribution in [0.2, 0.25) is 0 Å². The van der Waals surface area contributed by atoms with Gasteiger partial charge in [0.25, 0.3) is 0 Å². The first-order valence-corrected chi connectivity index (χ1v) is 9.75. The Labute approximate surface area is 152 Å². The summed E-state index contributed by atoms with van der Waals surface area (Å²) in [5.74, 6) is 1.06. The molecule has 132 valence electrons. The average molecular weight is 356 g/mol. The zero-order valence-electron chi connectivity index (χ0n) is 14.5.